The number of carbonyl (C=O) groups excluding carboxylic acids is 2. The standard InChI is InChI=1S/C19H30N4O2S/c1-14-12-15(2)23(21-14)7-3-4-18(24)20-17-6-5-16(13-17)19(25)22-8-10-26-11-9-22/h12,16-17H,3-11,13H2,1-2H3,(H,20,24)/t16-,17+/m1/s1. The van der Waals surface area contributed by atoms with Gasteiger partial charge >= 0.3 is 0 Å². The number of thioether (sulfide) groups is 1. The van der Waals surface area contributed by atoms with E-state index in [0.717, 1.165) is 68.2 Å². The van der Waals surface area contributed by atoms with Crippen molar-refractivity contribution in [3.8, 4) is 0 Å². The fourth-order valence-electron chi connectivity index (χ4n) is 3.97. The Morgan fingerprint density at radius 2 is 2.04 bits per heavy atom. The number of aromatic nitrogens is 2. The summed E-state index contributed by atoms with van der Waals surface area (Å²) >= 11 is 1.92. The zero-order chi connectivity index (χ0) is 18.5. The van der Waals surface area contributed by atoms with Gasteiger partial charge < -0.3 is 10.2 Å². The van der Waals surface area contributed by atoms with Gasteiger partial charge in [0.2, 0.25) is 11.8 Å². The molecule has 1 aliphatic heterocycles. The van der Waals surface area contributed by atoms with Crippen molar-refractivity contribution in [2.45, 2.75) is 58.5 Å². The Labute approximate surface area is 160 Å². The first kappa shape index (κ1) is 19.3. The molecule has 3 rings (SSSR count). The molecule has 2 aliphatic rings. The maximum absolute atomic E-state index is 12.6. The number of aryl methyl sites for hydroxylation is 3. The van der Waals surface area contributed by atoms with Gasteiger partial charge in [-0.3, -0.25) is 14.3 Å². The molecule has 0 radical (unpaired) electrons. The molecular weight excluding hydrogens is 348 g/mol. The van der Waals surface area contributed by atoms with Crippen molar-refractivity contribution in [2.24, 2.45) is 5.92 Å². The van der Waals surface area contributed by atoms with Gasteiger partial charge in [-0.25, -0.2) is 0 Å². The second-order valence-electron chi connectivity index (χ2n) is 7.47. The van der Waals surface area contributed by atoms with Crippen molar-refractivity contribution in [1.29, 1.82) is 0 Å². The van der Waals surface area contributed by atoms with E-state index in [4.69, 9.17) is 0 Å². The molecule has 2 heterocycles. The molecule has 7 heteroatoms. The average Bonchev–Trinajstić information content (AvgIpc) is 3.21. The minimum Gasteiger partial charge on any atom is -0.353 e. The lowest BCUT2D eigenvalue weighted by molar-refractivity contribution is -0.135. The lowest BCUT2D eigenvalue weighted by Gasteiger charge is -2.29. The van der Waals surface area contributed by atoms with E-state index in [1.54, 1.807) is 0 Å². The van der Waals surface area contributed by atoms with E-state index < -0.39 is 0 Å². The van der Waals surface area contributed by atoms with Crippen LogP contribution in [-0.4, -0.2) is 57.1 Å². The summed E-state index contributed by atoms with van der Waals surface area (Å²) in [6.07, 6.45) is 3.91. The zero-order valence-corrected chi connectivity index (χ0v) is 16.7. The topological polar surface area (TPSA) is 67.2 Å². The molecule has 0 bridgehead atoms. The number of hydrogen-bond donors (Lipinski definition) is 1. The van der Waals surface area contributed by atoms with Gasteiger partial charge in [-0.2, -0.15) is 16.9 Å². The molecule has 0 unspecified atom stereocenters. The predicted octanol–water partition coefficient (Wildman–Crippen LogP) is 2.14. The van der Waals surface area contributed by atoms with Crippen molar-refractivity contribution in [3.63, 3.8) is 0 Å². The lowest BCUT2D eigenvalue weighted by atomic mass is 10.1. The first-order chi connectivity index (χ1) is 12.5. The Morgan fingerprint density at radius 3 is 2.73 bits per heavy atom. The van der Waals surface area contributed by atoms with E-state index in [-0.39, 0.29) is 17.9 Å². The van der Waals surface area contributed by atoms with Crippen LogP contribution in [0.3, 0.4) is 0 Å². The maximum Gasteiger partial charge on any atom is 0.225 e. The van der Waals surface area contributed by atoms with Crippen LogP contribution in [0.25, 0.3) is 0 Å². The monoisotopic (exact) mass is 378 g/mol. The highest BCUT2D eigenvalue weighted by atomic mass is 32.2. The Morgan fingerprint density at radius 1 is 1.27 bits per heavy atom. The summed E-state index contributed by atoms with van der Waals surface area (Å²) in [7, 11) is 0. The van der Waals surface area contributed by atoms with E-state index in [1.807, 2.05) is 35.2 Å². The van der Waals surface area contributed by atoms with E-state index in [9.17, 15) is 9.59 Å². The molecule has 26 heavy (non-hydrogen) atoms. The third kappa shape index (κ3) is 5.02. The second-order valence-corrected chi connectivity index (χ2v) is 8.69. The van der Waals surface area contributed by atoms with Gasteiger partial charge in [0, 0.05) is 55.2 Å². The summed E-state index contributed by atoms with van der Waals surface area (Å²) in [5, 5.41) is 7.55. The lowest BCUT2D eigenvalue weighted by Crippen LogP contribution is -2.41. The number of nitrogens with zero attached hydrogens (tertiary/aromatic N) is 3. The fourth-order valence-corrected chi connectivity index (χ4v) is 4.87. The van der Waals surface area contributed by atoms with Crippen molar-refractivity contribution >= 4 is 23.6 Å². The minimum absolute atomic E-state index is 0.0955. The van der Waals surface area contributed by atoms with Crippen molar-refractivity contribution < 1.29 is 9.59 Å². The average molecular weight is 379 g/mol. The highest BCUT2D eigenvalue weighted by Crippen LogP contribution is 2.28. The summed E-state index contributed by atoms with van der Waals surface area (Å²) < 4.78 is 1.96. The van der Waals surface area contributed by atoms with Crippen LogP contribution in [0.2, 0.25) is 0 Å². The molecule has 6 nitrogen and oxygen atoms in total. The number of carbonyl (C=O) groups is 2. The molecule has 144 valence electrons. The summed E-state index contributed by atoms with van der Waals surface area (Å²) in [6, 6.07) is 2.21. The van der Waals surface area contributed by atoms with Crippen LogP contribution in [0.1, 0.15) is 43.5 Å². The first-order valence-electron chi connectivity index (χ1n) is 9.70. The van der Waals surface area contributed by atoms with Gasteiger partial charge in [0.1, 0.15) is 0 Å². The van der Waals surface area contributed by atoms with E-state index in [0.29, 0.717) is 12.3 Å². The molecule has 2 amide bonds. The number of hydrogen-bond acceptors (Lipinski definition) is 4. The Bertz CT molecular complexity index is 639. The molecule has 2 fully saturated rings. The summed E-state index contributed by atoms with van der Waals surface area (Å²) in [5.74, 6) is 2.59. The van der Waals surface area contributed by atoms with Crippen molar-refractivity contribution in [1.82, 2.24) is 20.0 Å². The summed E-state index contributed by atoms with van der Waals surface area (Å²) in [4.78, 5) is 26.8. The molecule has 1 saturated heterocycles. The van der Waals surface area contributed by atoms with Crippen LogP contribution < -0.4 is 5.32 Å². The van der Waals surface area contributed by atoms with E-state index >= 15 is 0 Å². The number of rotatable bonds is 6. The normalized spacial score (nSPS) is 23.2. The quantitative estimate of drug-likeness (QED) is 0.824. The van der Waals surface area contributed by atoms with Crippen molar-refractivity contribution in [2.75, 3.05) is 24.6 Å². The predicted molar refractivity (Wildman–Crippen MR) is 104 cm³/mol. The molecule has 1 aromatic rings. The highest BCUT2D eigenvalue weighted by molar-refractivity contribution is 7.99. The Kier molecular flexibility index (Phi) is 6.62. The highest BCUT2D eigenvalue weighted by Gasteiger charge is 2.33. The SMILES string of the molecule is Cc1cc(C)n(CCCC(=O)N[C@H]2CC[C@@H](C(=O)N3CCSCC3)C2)n1. The number of nitrogens with one attached hydrogen (secondary N) is 1. The molecule has 0 aromatic carbocycles. The van der Waals surface area contributed by atoms with Crippen LogP contribution >= 0.6 is 11.8 Å². The van der Waals surface area contributed by atoms with Gasteiger partial charge in [-0.15, -0.1) is 0 Å². The van der Waals surface area contributed by atoms with Gasteiger partial charge in [0.05, 0.1) is 5.69 Å². The maximum atomic E-state index is 12.6. The van der Waals surface area contributed by atoms with E-state index in [1.165, 1.54) is 0 Å². The van der Waals surface area contributed by atoms with Crippen LogP contribution in [-0.2, 0) is 16.1 Å². The summed E-state index contributed by atoms with van der Waals surface area (Å²) in [6.45, 7) is 6.55. The zero-order valence-electron chi connectivity index (χ0n) is 15.9. The molecule has 2 atom stereocenters. The summed E-state index contributed by atoms with van der Waals surface area (Å²) in [5.41, 5.74) is 2.15. The second kappa shape index (κ2) is 8.93. The molecular formula is C19H30N4O2S. The van der Waals surface area contributed by atoms with Gasteiger partial charge in [-0.1, -0.05) is 0 Å². The smallest absolute Gasteiger partial charge is 0.225 e. The van der Waals surface area contributed by atoms with Crippen LogP contribution in [0.5, 0.6) is 0 Å². The molecule has 1 N–H and O–H groups in total. The van der Waals surface area contributed by atoms with Crippen LogP contribution in [0.15, 0.2) is 6.07 Å². The molecule has 1 aliphatic carbocycles. The fraction of sp³-hybridized carbons (Fsp3) is 0.737. The van der Waals surface area contributed by atoms with Crippen LogP contribution in [0.4, 0.5) is 0 Å². The Balaban J connectivity index is 1.37. The molecule has 0 spiro atoms. The van der Waals surface area contributed by atoms with Crippen molar-refractivity contribution in [3.05, 3.63) is 17.5 Å². The third-order valence-corrected chi connectivity index (χ3v) is 6.29. The Hall–Kier alpha value is -1.50. The van der Waals surface area contributed by atoms with Gasteiger partial charge in [-0.05, 0) is 45.6 Å². The largest absolute Gasteiger partial charge is 0.353 e. The molecule has 1 aromatic heterocycles. The van der Waals surface area contributed by atoms with Gasteiger partial charge in [0.15, 0.2) is 0 Å². The number of amides is 2. The molecule has 1 saturated carbocycles. The van der Waals surface area contributed by atoms with E-state index in [2.05, 4.69) is 16.5 Å². The van der Waals surface area contributed by atoms with Gasteiger partial charge in [0.25, 0.3) is 0 Å². The third-order valence-electron chi connectivity index (χ3n) is 5.35. The minimum atomic E-state index is 0.0955. The first-order valence-corrected chi connectivity index (χ1v) is 10.9. The van der Waals surface area contributed by atoms with Crippen LogP contribution in [0, 0.1) is 19.8 Å².